The first kappa shape index (κ1) is 51.1. The summed E-state index contributed by atoms with van der Waals surface area (Å²) >= 11 is 7.93. The Bertz CT molecular complexity index is 3950. The van der Waals surface area contributed by atoms with Crippen LogP contribution >= 0.6 is 22.9 Å². The molecule has 4 saturated heterocycles. The van der Waals surface area contributed by atoms with Crippen LogP contribution in [0.15, 0.2) is 59.4 Å². The van der Waals surface area contributed by atoms with E-state index in [4.69, 9.17) is 41.5 Å². The highest BCUT2D eigenvalue weighted by atomic mass is 35.5. The molecule has 21 heteroatoms. The number of nitrogen functional groups attached to an aromatic ring is 1. The summed E-state index contributed by atoms with van der Waals surface area (Å²) in [4.78, 5) is 61.8. The lowest BCUT2D eigenvalue weighted by Crippen LogP contribution is -2.57. The number of carbonyl (C=O) groups is 2. The zero-order valence-electron chi connectivity index (χ0n) is 43.4. The maximum atomic E-state index is 17.6. The van der Waals surface area contributed by atoms with Crippen molar-refractivity contribution in [3.8, 4) is 40.3 Å². The minimum Gasteiger partial charge on any atom is -0.486 e. The van der Waals surface area contributed by atoms with Gasteiger partial charge in [0.15, 0.2) is 11.4 Å². The number of nitrogens with two attached hydrogens (primary N) is 1. The van der Waals surface area contributed by atoms with Crippen LogP contribution in [0.25, 0.3) is 54.4 Å². The second-order valence-corrected chi connectivity index (χ2v) is 23.2. The van der Waals surface area contributed by atoms with Crippen molar-refractivity contribution in [2.75, 3.05) is 43.4 Å². The first-order valence-corrected chi connectivity index (χ1v) is 27.8. The highest BCUT2D eigenvalue weighted by Crippen LogP contribution is 2.48. The number of pyridine rings is 2. The Kier molecular flexibility index (Phi) is 12.1. The monoisotopic (exact) mass is 1110 g/mol. The van der Waals surface area contributed by atoms with Crippen molar-refractivity contribution in [2.24, 2.45) is 0 Å². The van der Waals surface area contributed by atoms with Gasteiger partial charge in [-0.2, -0.15) is 15.2 Å². The van der Waals surface area contributed by atoms with Gasteiger partial charge in [0, 0.05) is 64.5 Å². The van der Waals surface area contributed by atoms with E-state index in [0.717, 1.165) is 47.2 Å². The van der Waals surface area contributed by atoms with Crippen molar-refractivity contribution < 1.29 is 42.1 Å². The fourth-order valence-corrected chi connectivity index (χ4v) is 14.8. The minimum atomic E-state index is -1.94. The number of cyclic esters (lactones) is 1. The van der Waals surface area contributed by atoms with E-state index in [0.29, 0.717) is 73.8 Å². The van der Waals surface area contributed by atoms with Crippen LogP contribution in [0.3, 0.4) is 0 Å². The molecule has 0 aliphatic carbocycles. The average molecular weight is 1110 g/mol. The number of piperazine rings is 1. The van der Waals surface area contributed by atoms with Crippen molar-refractivity contribution in [1.29, 1.82) is 5.26 Å². The number of nitriles is 1. The molecule has 10 heterocycles. The second kappa shape index (κ2) is 18.6. The maximum Gasteiger partial charge on any atom is 0.343 e. The Hall–Kier alpha value is -7.31. The minimum absolute atomic E-state index is 0.00421. The zero-order valence-corrected chi connectivity index (χ0v) is 45.0. The van der Waals surface area contributed by atoms with Crippen molar-refractivity contribution in [1.82, 2.24) is 29.3 Å². The van der Waals surface area contributed by atoms with Gasteiger partial charge in [-0.1, -0.05) is 38.1 Å². The SMILES string of the molecule is C=C(C(=O)N1C2CCC1CN(c1nc(OC[C@@]34CCCN3C[C@H](F)C4)nc3c(F)c(-c4ccc(F)c5sc(N)c(C#N)c45)c(Cl)cc13)C2)C(C)Oc1ccc2nc3c(c(CC)c2c1)Cn1c-3cc2c(c1=O)COC(=O)[C@]2(O)CC. The molecule has 3 N–H and O–H groups in total. The number of ether oxygens (including phenoxy) is 3. The van der Waals surface area contributed by atoms with Crippen LogP contribution in [-0.4, -0.2) is 109 Å². The van der Waals surface area contributed by atoms with E-state index in [1.807, 2.05) is 34.9 Å². The van der Waals surface area contributed by atoms with Crippen LogP contribution in [0.5, 0.6) is 11.8 Å². The molecule has 3 aromatic carbocycles. The van der Waals surface area contributed by atoms with Gasteiger partial charge >= 0.3 is 12.0 Å². The van der Waals surface area contributed by atoms with Gasteiger partial charge in [0.1, 0.15) is 59.5 Å². The van der Waals surface area contributed by atoms with E-state index >= 15 is 8.78 Å². The number of anilines is 2. The Morgan fingerprint density at radius 3 is 2.61 bits per heavy atom. The van der Waals surface area contributed by atoms with E-state index in [9.17, 15) is 29.1 Å². The molecule has 13 rings (SSSR count). The Balaban J connectivity index is 0.782. The van der Waals surface area contributed by atoms with E-state index in [1.165, 1.54) is 12.1 Å². The van der Waals surface area contributed by atoms with Crippen LogP contribution in [0.4, 0.5) is 24.0 Å². The molecule has 1 amide bonds. The number of hydrogen-bond donors (Lipinski definition) is 2. The standard InChI is InChI=1S/C58H53ClF3N9O7S/c1-5-33-35-16-32(10-13-43(35)65-48-38(33)24-70-44(48)18-40-39(54(70)73)25-76-55(74)58(40,75)6-2)78-28(4)27(3)53(72)71-30-8-9-31(71)23-68(22-30)52-36-17-41(59)46(34-11-12-42(61)50-45(34)37(20-63)51(64)79-50)47(62)49(36)66-56(67-52)77-26-57-14-7-15-69(57)21-29(60)19-57/h10-13,16-18,28-31,75H,3,5-9,14-15,19,21-26,64H2,1-2,4H3/t28?,29-,30?,31?,57+,58+/m1/s1. The Morgan fingerprint density at radius 1 is 1.08 bits per heavy atom. The molecule has 0 saturated carbocycles. The number of carbonyl (C=O) groups excluding carboxylic acids is 2. The molecule has 0 spiro atoms. The van der Waals surface area contributed by atoms with E-state index in [2.05, 4.69) is 16.5 Å². The molecule has 6 aliphatic rings. The largest absolute Gasteiger partial charge is 0.486 e. The molecule has 4 fully saturated rings. The van der Waals surface area contributed by atoms with Crippen LogP contribution in [0, 0.1) is 23.0 Å². The Labute approximate surface area is 459 Å². The van der Waals surface area contributed by atoms with Crippen LogP contribution < -0.4 is 25.7 Å². The lowest BCUT2D eigenvalue weighted by molar-refractivity contribution is -0.172. The number of hydrogen-bond acceptors (Lipinski definition) is 15. The third kappa shape index (κ3) is 7.73. The van der Waals surface area contributed by atoms with Crippen molar-refractivity contribution in [3.63, 3.8) is 0 Å². The summed E-state index contributed by atoms with van der Waals surface area (Å²) in [7, 11) is 0. The highest BCUT2D eigenvalue weighted by Gasteiger charge is 2.50. The predicted molar refractivity (Wildman–Crippen MR) is 292 cm³/mol. The normalized spacial score (nSPS) is 23.4. The molecular formula is C58H53ClF3N9O7S. The summed E-state index contributed by atoms with van der Waals surface area (Å²) in [6, 6.07) is 12.6. The second-order valence-electron chi connectivity index (χ2n) is 21.7. The molecule has 6 aliphatic heterocycles. The smallest absolute Gasteiger partial charge is 0.343 e. The molecule has 16 nitrogen and oxygen atoms in total. The third-order valence-corrected chi connectivity index (χ3v) is 18.8. The third-order valence-electron chi connectivity index (χ3n) is 17.5. The number of fused-ring (bicyclic) bond motifs is 10. The van der Waals surface area contributed by atoms with E-state index in [-0.39, 0.29) is 120 Å². The predicted octanol–water partition coefficient (Wildman–Crippen LogP) is 9.01. The molecule has 2 bridgehead atoms. The summed E-state index contributed by atoms with van der Waals surface area (Å²) in [6.45, 7) is 11.5. The summed E-state index contributed by atoms with van der Waals surface area (Å²) in [6.07, 6.45) is 2.10. The lowest BCUT2D eigenvalue weighted by atomic mass is 9.86. The number of aryl methyl sites for hydroxylation is 1. The fraction of sp³-hybridized carbons (Fsp3) is 0.397. The molecular weight excluding hydrogens is 1060 g/mol. The van der Waals surface area contributed by atoms with Gasteiger partial charge in [0.2, 0.25) is 0 Å². The average Bonchev–Trinajstić information content (AvgIpc) is 4.30. The number of thiophene rings is 1. The molecule has 3 unspecified atom stereocenters. The van der Waals surface area contributed by atoms with Gasteiger partial charge in [-0.05, 0) is 99.5 Å². The first-order chi connectivity index (χ1) is 37.9. The molecule has 7 aromatic rings. The summed E-state index contributed by atoms with van der Waals surface area (Å²) < 4.78 is 67.5. The maximum absolute atomic E-state index is 17.6. The number of aromatic nitrogens is 4. The van der Waals surface area contributed by atoms with Gasteiger partial charge in [-0.3, -0.25) is 14.5 Å². The summed E-state index contributed by atoms with van der Waals surface area (Å²) in [5.41, 5.74) is 7.58. The van der Waals surface area contributed by atoms with Crippen molar-refractivity contribution >= 4 is 77.5 Å². The van der Waals surface area contributed by atoms with E-state index in [1.54, 1.807) is 36.6 Å². The molecule has 4 aromatic heterocycles. The van der Waals surface area contributed by atoms with Gasteiger partial charge in [-0.25, -0.2) is 22.9 Å². The van der Waals surface area contributed by atoms with Crippen LogP contribution in [0.1, 0.15) is 87.1 Å². The fourth-order valence-electron chi connectivity index (χ4n) is 13.5. The lowest BCUT2D eigenvalue weighted by Gasteiger charge is -2.42. The molecule has 79 heavy (non-hydrogen) atoms. The molecule has 0 radical (unpaired) electrons. The van der Waals surface area contributed by atoms with Crippen LogP contribution in [-0.2, 0) is 39.5 Å². The molecule has 6 atom stereocenters. The number of amides is 1. The highest BCUT2D eigenvalue weighted by molar-refractivity contribution is 7.23. The number of esters is 1. The van der Waals surface area contributed by atoms with Crippen molar-refractivity contribution in [2.45, 2.75) is 114 Å². The number of rotatable bonds is 11. The Morgan fingerprint density at radius 2 is 1.86 bits per heavy atom. The summed E-state index contributed by atoms with van der Waals surface area (Å²) in [5, 5.41) is 22.7. The van der Waals surface area contributed by atoms with Crippen molar-refractivity contribution in [3.05, 3.63) is 109 Å². The number of benzene rings is 3. The number of aliphatic hydroxyl groups is 1. The van der Waals surface area contributed by atoms with Gasteiger partial charge in [-0.15, -0.1) is 11.3 Å². The number of halogens is 4. The summed E-state index contributed by atoms with van der Waals surface area (Å²) in [5.74, 6) is -1.70. The number of nitrogens with zero attached hydrogens (tertiary/aromatic N) is 8. The number of alkyl halides is 1. The topological polar surface area (TPSA) is 202 Å². The first-order valence-electron chi connectivity index (χ1n) is 26.6. The zero-order chi connectivity index (χ0) is 55.1. The quantitative estimate of drug-likeness (QED) is 0.0918. The van der Waals surface area contributed by atoms with Gasteiger partial charge < -0.3 is 39.4 Å². The van der Waals surface area contributed by atoms with Gasteiger partial charge in [0.25, 0.3) is 11.5 Å². The van der Waals surface area contributed by atoms with Gasteiger partial charge in [0.05, 0.1) is 61.9 Å². The molecule has 406 valence electrons. The van der Waals surface area contributed by atoms with Crippen LogP contribution in [0.2, 0.25) is 5.02 Å². The van der Waals surface area contributed by atoms with E-state index < -0.39 is 41.0 Å².